The maximum atomic E-state index is 11.0. The van der Waals surface area contributed by atoms with Gasteiger partial charge in [0.05, 0.1) is 0 Å². The van der Waals surface area contributed by atoms with Gasteiger partial charge in [0.1, 0.15) is 5.78 Å². The van der Waals surface area contributed by atoms with Gasteiger partial charge in [-0.2, -0.15) is 0 Å². The average Bonchev–Trinajstić information content (AvgIpc) is 2.64. The monoisotopic (exact) mass is 410 g/mol. The molecule has 0 bridgehead atoms. The summed E-state index contributed by atoms with van der Waals surface area (Å²) in [4.78, 5) is 11.0. The minimum Gasteiger partial charge on any atom is -0.300 e. The van der Waals surface area contributed by atoms with Gasteiger partial charge in [-0.15, -0.1) is 0 Å². The second-order valence-corrected chi connectivity index (χ2v) is 11.0. The molecule has 1 aromatic carbocycles. The second kappa shape index (κ2) is 12.9. The van der Waals surface area contributed by atoms with Crippen LogP contribution in [0.1, 0.15) is 99.0 Å². The summed E-state index contributed by atoms with van der Waals surface area (Å²) in [6.07, 6.45) is 17.3. The zero-order valence-electron chi connectivity index (χ0n) is 20.7. The third-order valence-electron chi connectivity index (χ3n) is 6.07. The molecule has 2 atom stereocenters. The number of rotatable bonds is 12. The van der Waals surface area contributed by atoms with Gasteiger partial charge in [-0.1, -0.05) is 109 Å². The van der Waals surface area contributed by atoms with Crippen molar-refractivity contribution < 1.29 is 4.79 Å². The van der Waals surface area contributed by atoms with Gasteiger partial charge < -0.3 is 4.79 Å². The minimum atomic E-state index is 0.235. The normalized spacial score (nSPS) is 15.0. The lowest BCUT2D eigenvalue weighted by atomic mass is 9.69. The summed E-state index contributed by atoms with van der Waals surface area (Å²) in [6.45, 7) is 15.9. The van der Waals surface area contributed by atoms with Crippen LogP contribution in [0.4, 0.5) is 0 Å². The van der Waals surface area contributed by atoms with E-state index in [2.05, 4.69) is 96.2 Å². The summed E-state index contributed by atoms with van der Waals surface area (Å²) < 4.78 is 0. The number of hydrogen-bond acceptors (Lipinski definition) is 1. The fourth-order valence-electron chi connectivity index (χ4n) is 3.76. The van der Waals surface area contributed by atoms with E-state index in [1.54, 1.807) is 6.92 Å². The first-order valence-electron chi connectivity index (χ1n) is 11.9. The van der Waals surface area contributed by atoms with Crippen LogP contribution in [0.3, 0.4) is 0 Å². The molecule has 1 aromatic rings. The van der Waals surface area contributed by atoms with Crippen molar-refractivity contribution in [1.29, 1.82) is 0 Å². The lowest BCUT2D eigenvalue weighted by Crippen LogP contribution is -2.27. The maximum absolute atomic E-state index is 11.0. The summed E-state index contributed by atoms with van der Waals surface area (Å²) in [7, 11) is 0. The quantitative estimate of drug-likeness (QED) is 0.248. The predicted molar refractivity (Wildman–Crippen MR) is 134 cm³/mol. The molecule has 0 fully saturated rings. The summed E-state index contributed by atoms with van der Waals surface area (Å²) in [5, 5.41) is 0. The van der Waals surface area contributed by atoms with Gasteiger partial charge in [0, 0.05) is 6.42 Å². The van der Waals surface area contributed by atoms with Gasteiger partial charge in [0.15, 0.2) is 0 Å². The van der Waals surface area contributed by atoms with Gasteiger partial charge >= 0.3 is 0 Å². The van der Waals surface area contributed by atoms with Crippen LogP contribution < -0.4 is 0 Å². The third kappa shape index (κ3) is 11.5. The van der Waals surface area contributed by atoms with Crippen LogP contribution in [-0.2, 0) is 4.79 Å². The molecule has 0 aliphatic rings. The molecule has 2 unspecified atom stereocenters. The molecule has 0 N–H and O–H groups in total. The summed E-state index contributed by atoms with van der Waals surface area (Å²) >= 11 is 0. The average molecular weight is 411 g/mol. The SMILES string of the molecule is CC(=O)CCCCCCC=CC(CC(C=Cc1ccccc1)C(C)(C)C)C(C)(C)C. The molecule has 30 heavy (non-hydrogen) atoms. The Balaban J connectivity index is 2.69. The van der Waals surface area contributed by atoms with Gasteiger partial charge in [-0.25, -0.2) is 0 Å². The molecule has 1 heteroatoms. The highest BCUT2D eigenvalue weighted by atomic mass is 16.1. The number of ketones is 1. The van der Waals surface area contributed by atoms with E-state index in [1.165, 1.54) is 31.2 Å². The van der Waals surface area contributed by atoms with Gasteiger partial charge in [-0.3, -0.25) is 0 Å². The molecule has 0 aliphatic carbocycles. The van der Waals surface area contributed by atoms with E-state index in [1.807, 2.05) is 0 Å². The molecule has 0 aliphatic heterocycles. The molecule has 168 valence electrons. The van der Waals surface area contributed by atoms with E-state index >= 15 is 0 Å². The van der Waals surface area contributed by atoms with Crippen molar-refractivity contribution in [1.82, 2.24) is 0 Å². The first kappa shape index (κ1) is 26.4. The maximum Gasteiger partial charge on any atom is 0.129 e. The van der Waals surface area contributed by atoms with Crippen molar-refractivity contribution >= 4 is 11.9 Å². The smallest absolute Gasteiger partial charge is 0.129 e. The Bertz CT molecular complexity index is 652. The highest BCUT2D eigenvalue weighted by molar-refractivity contribution is 5.75. The Morgan fingerprint density at radius 3 is 1.97 bits per heavy atom. The Morgan fingerprint density at radius 2 is 1.40 bits per heavy atom. The Kier molecular flexibility index (Phi) is 11.4. The van der Waals surface area contributed by atoms with Crippen LogP contribution in [0.15, 0.2) is 48.6 Å². The van der Waals surface area contributed by atoms with E-state index in [-0.39, 0.29) is 10.8 Å². The highest BCUT2D eigenvalue weighted by Gasteiger charge is 2.30. The molecule has 0 saturated carbocycles. The van der Waals surface area contributed by atoms with Crippen LogP contribution in [0, 0.1) is 22.7 Å². The van der Waals surface area contributed by atoms with Crippen LogP contribution in [0.25, 0.3) is 6.08 Å². The fourth-order valence-corrected chi connectivity index (χ4v) is 3.76. The van der Waals surface area contributed by atoms with Crippen molar-refractivity contribution in [2.24, 2.45) is 22.7 Å². The largest absolute Gasteiger partial charge is 0.300 e. The van der Waals surface area contributed by atoms with Crippen LogP contribution in [0.2, 0.25) is 0 Å². The fraction of sp³-hybridized carbons (Fsp3) is 0.621. The van der Waals surface area contributed by atoms with Crippen molar-refractivity contribution in [3.8, 4) is 0 Å². The highest BCUT2D eigenvalue weighted by Crippen LogP contribution is 2.39. The number of hydrogen-bond donors (Lipinski definition) is 0. The van der Waals surface area contributed by atoms with Crippen LogP contribution in [-0.4, -0.2) is 5.78 Å². The van der Waals surface area contributed by atoms with Gasteiger partial charge in [-0.05, 0) is 60.8 Å². The standard InChI is InChI=1S/C29H46O/c1-24(30)17-13-10-8-9-11-16-20-26(28(2,3)4)23-27(29(5,6)7)22-21-25-18-14-12-15-19-25/h12,14-16,18-22,26-27H,8-11,13,17,23H2,1-7H3. The summed E-state index contributed by atoms with van der Waals surface area (Å²) in [5.74, 6) is 1.40. The number of Topliss-reactive ketones (excluding diaryl/α,β-unsaturated/α-hetero) is 1. The third-order valence-corrected chi connectivity index (χ3v) is 6.07. The van der Waals surface area contributed by atoms with Crippen LogP contribution in [0.5, 0.6) is 0 Å². The number of allylic oxidation sites excluding steroid dienone is 3. The van der Waals surface area contributed by atoms with Gasteiger partial charge in [0.25, 0.3) is 0 Å². The molecule has 0 spiro atoms. The Labute approximate surface area is 187 Å². The molecule has 0 saturated heterocycles. The van der Waals surface area contributed by atoms with E-state index in [4.69, 9.17) is 0 Å². The minimum absolute atomic E-state index is 0.235. The number of unbranched alkanes of at least 4 members (excludes halogenated alkanes) is 4. The first-order chi connectivity index (χ1) is 14.0. The number of carbonyl (C=O) groups excluding carboxylic acids is 1. The molecular weight excluding hydrogens is 364 g/mol. The Hall–Kier alpha value is -1.63. The van der Waals surface area contributed by atoms with E-state index < -0.39 is 0 Å². The van der Waals surface area contributed by atoms with Crippen molar-refractivity contribution in [3.05, 3.63) is 54.1 Å². The molecular formula is C29H46O. The molecule has 0 heterocycles. The molecule has 0 amide bonds. The predicted octanol–water partition coefficient (Wildman–Crippen LogP) is 8.90. The van der Waals surface area contributed by atoms with E-state index in [0.717, 1.165) is 19.3 Å². The second-order valence-electron chi connectivity index (χ2n) is 11.0. The zero-order chi connectivity index (χ0) is 22.6. The molecule has 1 rings (SSSR count). The first-order valence-corrected chi connectivity index (χ1v) is 11.9. The number of carbonyl (C=O) groups is 1. The summed E-state index contributed by atoms with van der Waals surface area (Å²) in [6, 6.07) is 10.6. The van der Waals surface area contributed by atoms with Crippen LogP contribution >= 0.6 is 0 Å². The van der Waals surface area contributed by atoms with Crippen molar-refractivity contribution in [2.45, 2.75) is 93.4 Å². The number of benzene rings is 1. The van der Waals surface area contributed by atoms with Crippen molar-refractivity contribution in [3.63, 3.8) is 0 Å². The van der Waals surface area contributed by atoms with Gasteiger partial charge in [0.2, 0.25) is 0 Å². The summed E-state index contributed by atoms with van der Waals surface area (Å²) in [5.41, 5.74) is 1.76. The Morgan fingerprint density at radius 1 is 0.833 bits per heavy atom. The molecule has 0 radical (unpaired) electrons. The van der Waals surface area contributed by atoms with Crippen molar-refractivity contribution in [2.75, 3.05) is 0 Å². The molecule has 0 aromatic heterocycles. The van der Waals surface area contributed by atoms with E-state index in [9.17, 15) is 4.79 Å². The topological polar surface area (TPSA) is 17.1 Å². The molecule has 1 nitrogen and oxygen atoms in total. The lowest BCUT2D eigenvalue weighted by Gasteiger charge is -2.36. The lowest BCUT2D eigenvalue weighted by molar-refractivity contribution is -0.117. The van der Waals surface area contributed by atoms with E-state index in [0.29, 0.717) is 17.6 Å². The zero-order valence-corrected chi connectivity index (χ0v) is 20.7.